The maximum atomic E-state index is 10.8. The summed E-state index contributed by atoms with van der Waals surface area (Å²) in [6.45, 7) is 5.13. The third-order valence-corrected chi connectivity index (χ3v) is 9.28. The number of nitrogen functional groups attached to an aromatic ring is 1. The summed E-state index contributed by atoms with van der Waals surface area (Å²) in [5.41, 5.74) is 9.32. The summed E-state index contributed by atoms with van der Waals surface area (Å²) in [7, 11) is 0. The van der Waals surface area contributed by atoms with Crippen LogP contribution in [0.25, 0.3) is 22.2 Å². The Morgan fingerprint density at radius 2 is 1.92 bits per heavy atom. The van der Waals surface area contributed by atoms with Gasteiger partial charge in [0.25, 0.3) is 0 Å². The smallest absolute Gasteiger partial charge is 0.146 e. The van der Waals surface area contributed by atoms with Crippen LogP contribution in [0.5, 0.6) is 5.75 Å². The number of piperazine rings is 1. The van der Waals surface area contributed by atoms with E-state index in [4.69, 9.17) is 15.2 Å². The Labute approximate surface area is 222 Å². The normalized spacial score (nSPS) is 29.5. The standard InChI is InChI=1S/C29H36N6O3/c30-27-26-25(20-2-1-3-24(14-20)37-18-29-6-4-23(38-29)5-7-29)17-35(28(26)32-19-31-27)22-15-21(16-22)34-10-8-33(9-11-34)12-13-36/h1-3,13-14,17,19,21-23H,4-12,15-16,18H2,(H2,30,31,32). The van der Waals surface area contributed by atoms with E-state index in [1.807, 2.05) is 12.1 Å². The van der Waals surface area contributed by atoms with Crippen LogP contribution < -0.4 is 10.5 Å². The zero-order chi connectivity index (χ0) is 25.7. The monoisotopic (exact) mass is 516 g/mol. The van der Waals surface area contributed by atoms with Crippen molar-refractivity contribution in [2.24, 2.45) is 0 Å². The number of ether oxygens (including phenoxy) is 2. The topological polar surface area (TPSA) is 98.7 Å². The molecule has 4 aliphatic rings. The van der Waals surface area contributed by atoms with Gasteiger partial charge < -0.3 is 24.6 Å². The first-order valence-corrected chi connectivity index (χ1v) is 14.0. The van der Waals surface area contributed by atoms with Gasteiger partial charge in [0, 0.05) is 50.0 Å². The lowest BCUT2D eigenvalue weighted by Gasteiger charge is -2.46. The van der Waals surface area contributed by atoms with E-state index in [1.165, 1.54) is 0 Å². The summed E-state index contributed by atoms with van der Waals surface area (Å²) in [6.07, 6.45) is 11.9. The van der Waals surface area contributed by atoms with Crippen molar-refractivity contribution in [2.45, 2.75) is 62.3 Å². The molecule has 7 rings (SSSR count). The zero-order valence-electron chi connectivity index (χ0n) is 21.8. The number of hydrogen-bond acceptors (Lipinski definition) is 8. The minimum absolute atomic E-state index is 0.100. The summed E-state index contributed by atoms with van der Waals surface area (Å²) in [5.74, 6) is 1.36. The molecular formula is C29H36N6O3. The second-order valence-corrected chi connectivity index (χ2v) is 11.5. The summed E-state index contributed by atoms with van der Waals surface area (Å²) in [5, 5.41) is 0.909. The Bertz CT molecular complexity index is 1320. The van der Waals surface area contributed by atoms with Gasteiger partial charge in [0.2, 0.25) is 0 Å². The predicted molar refractivity (Wildman–Crippen MR) is 145 cm³/mol. The number of carbonyl (C=O) groups excluding carboxylic acids is 1. The van der Waals surface area contributed by atoms with Crippen LogP contribution in [0.2, 0.25) is 0 Å². The molecule has 2 N–H and O–H groups in total. The maximum absolute atomic E-state index is 10.8. The van der Waals surface area contributed by atoms with Gasteiger partial charge in [-0.3, -0.25) is 9.80 Å². The molecule has 0 amide bonds. The summed E-state index contributed by atoms with van der Waals surface area (Å²) >= 11 is 0. The van der Waals surface area contributed by atoms with Crippen LogP contribution in [0, 0.1) is 0 Å². The molecule has 38 heavy (non-hydrogen) atoms. The van der Waals surface area contributed by atoms with Gasteiger partial charge in [-0.1, -0.05) is 12.1 Å². The number of benzene rings is 1. The Morgan fingerprint density at radius 1 is 1.11 bits per heavy atom. The van der Waals surface area contributed by atoms with E-state index in [0.29, 0.717) is 37.2 Å². The van der Waals surface area contributed by atoms with Crippen molar-refractivity contribution in [3.05, 3.63) is 36.8 Å². The molecule has 2 aromatic heterocycles. The molecule has 1 saturated carbocycles. The molecule has 0 radical (unpaired) electrons. The number of rotatable bonds is 8. The number of aromatic nitrogens is 3. The third kappa shape index (κ3) is 4.26. The minimum Gasteiger partial charge on any atom is -0.491 e. The number of fused-ring (bicyclic) bond motifs is 3. The Hall–Kier alpha value is -3.01. The molecule has 9 nitrogen and oxygen atoms in total. The number of nitrogens with zero attached hydrogens (tertiary/aromatic N) is 5. The molecule has 3 aromatic rings. The predicted octanol–water partition coefficient (Wildman–Crippen LogP) is 3.29. The van der Waals surface area contributed by atoms with E-state index in [9.17, 15) is 4.79 Å². The minimum atomic E-state index is -0.100. The van der Waals surface area contributed by atoms with E-state index in [2.05, 4.69) is 42.7 Å². The molecule has 3 aliphatic heterocycles. The van der Waals surface area contributed by atoms with Crippen LogP contribution >= 0.6 is 0 Å². The second kappa shape index (κ2) is 9.63. The number of anilines is 1. The van der Waals surface area contributed by atoms with Crippen molar-refractivity contribution in [3.8, 4) is 16.9 Å². The molecule has 5 heterocycles. The highest BCUT2D eigenvalue weighted by Gasteiger charge is 2.46. The van der Waals surface area contributed by atoms with Gasteiger partial charge in [-0.25, -0.2) is 9.97 Å². The fraction of sp³-hybridized carbons (Fsp3) is 0.552. The Morgan fingerprint density at radius 3 is 2.66 bits per heavy atom. The number of aldehydes is 1. The molecule has 0 atom stereocenters. The van der Waals surface area contributed by atoms with E-state index in [-0.39, 0.29) is 5.60 Å². The SMILES string of the molecule is Nc1ncnc2c1c(-c1cccc(OCC34CCC(CC3)O4)c1)cn2C1CC(N2CCN(CC=O)CC2)C1. The van der Waals surface area contributed by atoms with Gasteiger partial charge in [-0.15, -0.1) is 0 Å². The van der Waals surface area contributed by atoms with Crippen LogP contribution in [0.15, 0.2) is 36.8 Å². The average Bonchev–Trinajstić information content (AvgIpc) is 3.63. The van der Waals surface area contributed by atoms with Gasteiger partial charge in [0.1, 0.15) is 42.0 Å². The second-order valence-electron chi connectivity index (χ2n) is 11.5. The lowest BCUT2D eigenvalue weighted by Crippen LogP contribution is -2.54. The highest BCUT2D eigenvalue weighted by Crippen LogP contribution is 2.45. The van der Waals surface area contributed by atoms with E-state index >= 15 is 0 Å². The maximum Gasteiger partial charge on any atom is 0.146 e. The summed E-state index contributed by atoms with van der Waals surface area (Å²) < 4.78 is 14.8. The largest absolute Gasteiger partial charge is 0.491 e. The van der Waals surface area contributed by atoms with Gasteiger partial charge in [-0.05, 0) is 56.2 Å². The van der Waals surface area contributed by atoms with Crippen molar-refractivity contribution in [1.29, 1.82) is 0 Å². The number of carbonyl (C=O) groups is 1. The first-order valence-electron chi connectivity index (χ1n) is 14.0. The number of nitrogens with two attached hydrogens (primary N) is 1. The molecule has 2 bridgehead atoms. The quantitative estimate of drug-likeness (QED) is 0.456. The first-order chi connectivity index (χ1) is 18.6. The molecule has 1 aromatic carbocycles. The molecule has 9 heteroatoms. The molecule has 4 fully saturated rings. The Balaban J connectivity index is 1.09. The highest BCUT2D eigenvalue weighted by atomic mass is 16.6. The van der Waals surface area contributed by atoms with Gasteiger partial charge >= 0.3 is 0 Å². The van der Waals surface area contributed by atoms with Crippen molar-refractivity contribution in [1.82, 2.24) is 24.3 Å². The van der Waals surface area contributed by atoms with Gasteiger partial charge in [0.15, 0.2) is 0 Å². The molecule has 1 aliphatic carbocycles. The fourth-order valence-electron chi connectivity index (χ4n) is 6.96. The van der Waals surface area contributed by atoms with Crippen molar-refractivity contribution in [2.75, 3.05) is 45.1 Å². The van der Waals surface area contributed by atoms with Crippen LogP contribution in [0.3, 0.4) is 0 Å². The molecular weight excluding hydrogens is 480 g/mol. The zero-order valence-corrected chi connectivity index (χ0v) is 21.8. The van der Waals surface area contributed by atoms with Crippen LogP contribution in [-0.4, -0.2) is 87.7 Å². The molecule has 0 spiro atoms. The van der Waals surface area contributed by atoms with Gasteiger partial charge in [-0.2, -0.15) is 0 Å². The van der Waals surface area contributed by atoms with Crippen LogP contribution in [0.1, 0.15) is 44.6 Å². The third-order valence-electron chi connectivity index (χ3n) is 9.28. The first kappa shape index (κ1) is 24.1. The van der Waals surface area contributed by atoms with Crippen molar-refractivity contribution < 1.29 is 14.3 Å². The molecule has 200 valence electrons. The summed E-state index contributed by atoms with van der Waals surface area (Å²) in [4.78, 5) is 24.6. The van der Waals surface area contributed by atoms with Crippen LogP contribution in [-0.2, 0) is 9.53 Å². The van der Waals surface area contributed by atoms with Gasteiger partial charge in [0.05, 0.1) is 18.0 Å². The highest BCUT2D eigenvalue weighted by molar-refractivity contribution is 6.00. The number of hydrogen-bond donors (Lipinski definition) is 1. The lowest BCUT2D eigenvalue weighted by molar-refractivity contribution is -0.109. The molecule has 3 saturated heterocycles. The Kier molecular flexibility index (Phi) is 6.10. The fourth-order valence-corrected chi connectivity index (χ4v) is 6.96. The van der Waals surface area contributed by atoms with Crippen molar-refractivity contribution in [3.63, 3.8) is 0 Å². The van der Waals surface area contributed by atoms with Crippen LogP contribution in [0.4, 0.5) is 5.82 Å². The van der Waals surface area contributed by atoms with Crippen molar-refractivity contribution >= 4 is 23.1 Å². The lowest BCUT2D eigenvalue weighted by atomic mass is 9.85. The van der Waals surface area contributed by atoms with E-state index in [1.54, 1.807) is 6.33 Å². The van der Waals surface area contributed by atoms with E-state index < -0.39 is 0 Å². The molecule has 0 unspecified atom stereocenters. The summed E-state index contributed by atoms with van der Waals surface area (Å²) in [6, 6.07) is 9.23. The average molecular weight is 517 g/mol. The van der Waals surface area contributed by atoms with E-state index in [0.717, 1.165) is 98.9 Å².